The summed E-state index contributed by atoms with van der Waals surface area (Å²) in [7, 11) is 1.89. The first-order chi connectivity index (χ1) is 9.63. The van der Waals surface area contributed by atoms with E-state index in [0.717, 1.165) is 12.1 Å². The molecular weight excluding hydrogens is 270 g/mol. The normalized spacial score (nSPS) is 12.2. The molecule has 0 saturated carbocycles. The van der Waals surface area contributed by atoms with Gasteiger partial charge in [-0.05, 0) is 38.1 Å². The van der Waals surface area contributed by atoms with Crippen LogP contribution in [0.15, 0.2) is 29.6 Å². The summed E-state index contributed by atoms with van der Waals surface area (Å²) in [4.78, 5) is 16.5. The summed E-state index contributed by atoms with van der Waals surface area (Å²) in [6.07, 6.45) is 0.972. The molecule has 0 aliphatic heterocycles. The van der Waals surface area contributed by atoms with Crippen LogP contribution in [-0.4, -0.2) is 17.9 Å². The summed E-state index contributed by atoms with van der Waals surface area (Å²) in [5.41, 5.74) is 2.82. The first-order valence-corrected chi connectivity index (χ1v) is 7.55. The van der Waals surface area contributed by atoms with Crippen LogP contribution in [0.1, 0.15) is 41.5 Å². The highest BCUT2D eigenvalue weighted by atomic mass is 32.1. The molecule has 20 heavy (non-hydrogen) atoms. The van der Waals surface area contributed by atoms with Crippen LogP contribution in [0.25, 0.3) is 0 Å². The van der Waals surface area contributed by atoms with Crippen molar-refractivity contribution in [1.82, 2.24) is 10.3 Å². The van der Waals surface area contributed by atoms with Crippen LogP contribution >= 0.6 is 11.3 Å². The Morgan fingerprint density at radius 1 is 1.35 bits per heavy atom. The fourth-order valence-corrected chi connectivity index (χ4v) is 2.55. The second-order valence-corrected chi connectivity index (χ2v) is 5.45. The Bertz CT molecular complexity index is 577. The molecule has 2 rings (SSSR count). The van der Waals surface area contributed by atoms with Crippen molar-refractivity contribution < 1.29 is 4.79 Å². The molecule has 1 aromatic heterocycles. The highest BCUT2D eigenvalue weighted by Gasteiger charge is 2.11. The molecule has 106 valence electrons. The number of carbonyl (C=O) groups is 1. The molecule has 0 aliphatic carbocycles. The number of aromatic nitrogens is 1. The maximum absolute atomic E-state index is 12.1. The topological polar surface area (TPSA) is 54.0 Å². The van der Waals surface area contributed by atoms with Crippen LogP contribution < -0.4 is 10.6 Å². The van der Waals surface area contributed by atoms with Gasteiger partial charge in [0.25, 0.3) is 5.91 Å². The second kappa shape index (κ2) is 6.63. The van der Waals surface area contributed by atoms with E-state index >= 15 is 0 Å². The maximum atomic E-state index is 12.1. The highest BCUT2D eigenvalue weighted by molar-refractivity contribution is 7.14. The lowest BCUT2D eigenvalue weighted by atomic mass is 10.1. The van der Waals surface area contributed by atoms with E-state index in [1.807, 2.05) is 43.6 Å². The van der Waals surface area contributed by atoms with Gasteiger partial charge >= 0.3 is 0 Å². The minimum atomic E-state index is -0.120. The van der Waals surface area contributed by atoms with E-state index in [4.69, 9.17) is 0 Å². The van der Waals surface area contributed by atoms with E-state index in [0.29, 0.717) is 10.7 Å². The number of thiazole rings is 1. The lowest BCUT2D eigenvalue weighted by molar-refractivity contribution is 0.102. The summed E-state index contributed by atoms with van der Waals surface area (Å²) >= 11 is 1.44. The molecule has 0 fully saturated rings. The van der Waals surface area contributed by atoms with E-state index in [2.05, 4.69) is 22.5 Å². The summed E-state index contributed by atoms with van der Waals surface area (Å²) in [5, 5.41) is 8.55. The number of hydrogen-bond acceptors (Lipinski definition) is 4. The highest BCUT2D eigenvalue weighted by Crippen LogP contribution is 2.20. The number of aryl methyl sites for hydroxylation is 1. The molecule has 5 heteroatoms. The van der Waals surface area contributed by atoms with Gasteiger partial charge in [-0.25, -0.2) is 4.98 Å². The minimum absolute atomic E-state index is 0.120. The number of carbonyl (C=O) groups excluding carboxylic acids is 1. The minimum Gasteiger partial charge on any atom is -0.312 e. The number of amides is 1. The quantitative estimate of drug-likeness (QED) is 0.888. The molecule has 1 atom stereocenters. The summed E-state index contributed by atoms with van der Waals surface area (Å²) in [5.74, 6) is -0.120. The van der Waals surface area contributed by atoms with Crippen molar-refractivity contribution >= 4 is 22.4 Å². The fourth-order valence-electron chi connectivity index (χ4n) is 1.75. The molecule has 1 aromatic carbocycles. The van der Waals surface area contributed by atoms with Gasteiger partial charge in [-0.15, -0.1) is 11.3 Å². The average Bonchev–Trinajstić information content (AvgIpc) is 2.95. The maximum Gasteiger partial charge on any atom is 0.257 e. The van der Waals surface area contributed by atoms with Gasteiger partial charge in [0.1, 0.15) is 0 Å². The van der Waals surface area contributed by atoms with Gasteiger partial charge in [-0.1, -0.05) is 19.1 Å². The van der Waals surface area contributed by atoms with Crippen molar-refractivity contribution in [2.45, 2.75) is 26.3 Å². The molecule has 0 aliphatic rings. The molecule has 4 nitrogen and oxygen atoms in total. The first kappa shape index (κ1) is 14.7. The van der Waals surface area contributed by atoms with Gasteiger partial charge in [-0.2, -0.15) is 0 Å². The Kier molecular flexibility index (Phi) is 4.87. The number of anilines is 1. The summed E-state index contributed by atoms with van der Waals surface area (Å²) < 4.78 is 0. The smallest absolute Gasteiger partial charge is 0.257 e. The zero-order chi connectivity index (χ0) is 14.5. The van der Waals surface area contributed by atoms with E-state index in [9.17, 15) is 4.79 Å². The van der Waals surface area contributed by atoms with Gasteiger partial charge in [0.2, 0.25) is 0 Å². The first-order valence-electron chi connectivity index (χ1n) is 6.67. The molecule has 0 bridgehead atoms. The zero-order valence-corrected chi connectivity index (χ0v) is 12.8. The molecule has 1 heterocycles. The van der Waals surface area contributed by atoms with Crippen molar-refractivity contribution in [1.29, 1.82) is 0 Å². The van der Waals surface area contributed by atoms with Crippen LogP contribution in [0.3, 0.4) is 0 Å². The predicted molar refractivity (Wildman–Crippen MR) is 83.4 cm³/mol. The number of hydrogen-bond donors (Lipinski definition) is 2. The van der Waals surface area contributed by atoms with Crippen LogP contribution in [0.4, 0.5) is 5.13 Å². The van der Waals surface area contributed by atoms with Gasteiger partial charge < -0.3 is 5.32 Å². The average molecular weight is 289 g/mol. The monoisotopic (exact) mass is 289 g/mol. The molecule has 2 N–H and O–H groups in total. The Hall–Kier alpha value is -1.72. The Morgan fingerprint density at radius 3 is 2.65 bits per heavy atom. The van der Waals surface area contributed by atoms with E-state index in [1.54, 1.807) is 0 Å². The van der Waals surface area contributed by atoms with Gasteiger partial charge in [0, 0.05) is 17.0 Å². The molecule has 0 saturated heterocycles. The van der Waals surface area contributed by atoms with Crippen molar-refractivity contribution in [3.05, 3.63) is 46.5 Å². The Balaban J connectivity index is 2.05. The largest absolute Gasteiger partial charge is 0.312 e. The Labute approximate surface area is 123 Å². The molecule has 1 amide bonds. The van der Waals surface area contributed by atoms with Crippen molar-refractivity contribution in [2.24, 2.45) is 0 Å². The van der Waals surface area contributed by atoms with Crippen LogP contribution in [0.2, 0.25) is 0 Å². The lowest BCUT2D eigenvalue weighted by Gasteiger charge is -2.05. The fraction of sp³-hybridized carbons (Fsp3) is 0.333. The standard InChI is InChI=1S/C15H19N3OS/c1-4-11-5-7-12(8-6-11)14(19)18-15-17-13(9-20-15)10(2)16-3/h5-10,16H,4H2,1-3H3,(H,17,18,19). The molecule has 1 unspecified atom stereocenters. The predicted octanol–water partition coefficient (Wildman–Crippen LogP) is 3.24. The van der Waals surface area contributed by atoms with Gasteiger partial charge in [0.05, 0.1) is 5.69 Å². The molecule has 0 spiro atoms. The number of nitrogens with one attached hydrogen (secondary N) is 2. The number of benzene rings is 1. The van der Waals surface area contributed by atoms with Gasteiger partial charge in [0.15, 0.2) is 5.13 Å². The third-order valence-electron chi connectivity index (χ3n) is 3.24. The van der Waals surface area contributed by atoms with Gasteiger partial charge in [-0.3, -0.25) is 10.1 Å². The zero-order valence-electron chi connectivity index (χ0n) is 11.9. The SMILES string of the molecule is CCc1ccc(C(=O)Nc2nc(C(C)NC)cs2)cc1. The summed E-state index contributed by atoms with van der Waals surface area (Å²) in [6.45, 7) is 4.12. The lowest BCUT2D eigenvalue weighted by Crippen LogP contribution is -2.14. The van der Waals surface area contributed by atoms with E-state index in [1.165, 1.54) is 16.9 Å². The third kappa shape index (κ3) is 3.43. The van der Waals surface area contributed by atoms with Crippen LogP contribution in [0, 0.1) is 0 Å². The van der Waals surface area contributed by atoms with Crippen molar-refractivity contribution in [3.63, 3.8) is 0 Å². The van der Waals surface area contributed by atoms with Crippen LogP contribution in [0.5, 0.6) is 0 Å². The summed E-state index contributed by atoms with van der Waals surface area (Å²) in [6, 6.07) is 7.83. The third-order valence-corrected chi connectivity index (χ3v) is 4.02. The van der Waals surface area contributed by atoms with E-state index in [-0.39, 0.29) is 11.9 Å². The second-order valence-electron chi connectivity index (χ2n) is 4.59. The van der Waals surface area contributed by atoms with Crippen molar-refractivity contribution in [2.75, 3.05) is 12.4 Å². The molecule has 2 aromatic rings. The number of nitrogens with zero attached hydrogens (tertiary/aromatic N) is 1. The van der Waals surface area contributed by atoms with Crippen molar-refractivity contribution in [3.8, 4) is 0 Å². The van der Waals surface area contributed by atoms with E-state index < -0.39 is 0 Å². The molecule has 0 radical (unpaired) electrons. The Morgan fingerprint density at radius 2 is 2.05 bits per heavy atom. The number of rotatable bonds is 5. The molecular formula is C15H19N3OS. The van der Waals surface area contributed by atoms with Crippen LogP contribution in [-0.2, 0) is 6.42 Å².